The van der Waals surface area contributed by atoms with Gasteiger partial charge in [0.2, 0.25) is 0 Å². The van der Waals surface area contributed by atoms with E-state index in [1.54, 1.807) is 3.07 Å². The van der Waals surface area contributed by atoms with Crippen molar-refractivity contribution in [1.82, 2.24) is 0 Å². The molecule has 0 aliphatic rings. The van der Waals surface area contributed by atoms with Crippen molar-refractivity contribution in [3.63, 3.8) is 0 Å². The Morgan fingerprint density at radius 2 is 1.29 bits per heavy atom. The van der Waals surface area contributed by atoms with E-state index in [1.165, 1.54) is 4.90 Å². The maximum absolute atomic E-state index is 2.26. The first-order valence-electron chi connectivity index (χ1n) is 4.67. The Morgan fingerprint density at radius 3 is 1.93 bits per heavy atom. The molecule has 0 saturated heterocycles. The van der Waals surface area contributed by atoms with E-state index in [1.807, 2.05) is 0 Å². The molecule has 0 N–H and O–H groups in total. The summed E-state index contributed by atoms with van der Waals surface area (Å²) in [7, 11) is 2.10. The predicted octanol–water partition coefficient (Wildman–Crippen LogP) is 3.10. The van der Waals surface area contributed by atoms with E-state index in [2.05, 4.69) is 68.9 Å². The molecular formula is C12H10HgS. The second kappa shape index (κ2) is 5.57. The molecule has 0 nitrogen and oxygen atoms in total. The second-order valence-electron chi connectivity index (χ2n) is 3.09. The van der Waals surface area contributed by atoms with E-state index < -0.39 is 23.1 Å². The molecular weight excluding hydrogens is 377 g/mol. The molecule has 0 amide bonds. The SMILES string of the molecule is c1ccc([S][Hg][c]2ccccc2)cc1. The van der Waals surface area contributed by atoms with Crippen LogP contribution in [0.1, 0.15) is 0 Å². The third kappa shape index (κ3) is 3.14. The molecule has 14 heavy (non-hydrogen) atoms. The quantitative estimate of drug-likeness (QED) is 0.730. The Kier molecular flexibility index (Phi) is 4.08. The molecule has 0 spiro atoms. The molecule has 0 bridgehead atoms. The molecule has 2 rings (SSSR count). The average molecular weight is 387 g/mol. The molecule has 0 aromatic heterocycles. The fourth-order valence-corrected chi connectivity index (χ4v) is 11.6. The van der Waals surface area contributed by atoms with Crippen LogP contribution in [0.2, 0.25) is 0 Å². The van der Waals surface area contributed by atoms with Gasteiger partial charge in [0.25, 0.3) is 0 Å². The number of rotatable bonds is 3. The first-order chi connectivity index (χ1) is 6.95. The van der Waals surface area contributed by atoms with Gasteiger partial charge < -0.3 is 0 Å². The topological polar surface area (TPSA) is 0 Å². The summed E-state index contributed by atoms with van der Waals surface area (Å²) in [5.41, 5.74) is 0. The summed E-state index contributed by atoms with van der Waals surface area (Å²) >= 11 is -0.937. The minimum absolute atomic E-state index is 0.937. The first-order valence-corrected chi connectivity index (χ1v) is 15.1. The standard InChI is InChI=1S/C6H6S.C6H5.Hg/c7-6-4-2-1-3-5-6;1-2-4-6-5-3-1;/h1-5,7H;1-5H;/q;;+1/p-1. The summed E-state index contributed by atoms with van der Waals surface area (Å²) in [5, 5.41) is 0. The Bertz CT molecular complexity index is 333. The molecule has 0 heterocycles. The van der Waals surface area contributed by atoms with Crippen molar-refractivity contribution >= 4 is 11.3 Å². The van der Waals surface area contributed by atoms with Gasteiger partial charge in [0, 0.05) is 0 Å². The van der Waals surface area contributed by atoms with Gasteiger partial charge in [-0.05, 0) is 0 Å². The van der Waals surface area contributed by atoms with Crippen molar-refractivity contribution in [3.8, 4) is 0 Å². The van der Waals surface area contributed by atoms with E-state index in [4.69, 9.17) is 0 Å². The average Bonchev–Trinajstić information content (AvgIpc) is 2.29. The van der Waals surface area contributed by atoms with Gasteiger partial charge in [-0.3, -0.25) is 0 Å². The molecule has 2 heteroatoms. The minimum atomic E-state index is -0.937. The van der Waals surface area contributed by atoms with Gasteiger partial charge in [0.05, 0.1) is 0 Å². The van der Waals surface area contributed by atoms with Crippen molar-refractivity contribution < 1.29 is 23.1 Å². The van der Waals surface area contributed by atoms with Crippen LogP contribution < -0.4 is 3.07 Å². The van der Waals surface area contributed by atoms with Crippen LogP contribution in [0.4, 0.5) is 0 Å². The van der Waals surface area contributed by atoms with Crippen molar-refractivity contribution in [2.24, 2.45) is 0 Å². The third-order valence-electron chi connectivity index (χ3n) is 1.99. The summed E-state index contributed by atoms with van der Waals surface area (Å²) in [6.45, 7) is 0. The number of hydrogen-bond acceptors (Lipinski definition) is 1. The Hall–Kier alpha value is -0.275. The van der Waals surface area contributed by atoms with Crippen molar-refractivity contribution in [3.05, 3.63) is 60.7 Å². The second-order valence-corrected chi connectivity index (χ2v) is 14.0. The summed E-state index contributed by atoms with van der Waals surface area (Å²) in [6, 6.07) is 21.6. The maximum atomic E-state index is 2.26. The van der Waals surface area contributed by atoms with Crippen LogP contribution in [0.15, 0.2) is 65.6 Å². The van der Waals surface area contributed by atoms with Gasteiger partial charge in [-0.2, -0.15) is 0 Å². The number of benzene rings is 2. The van der Waals surface area contributed by atoms with Crippen molar-refractivity contribution in [1.29, 1.82) is 0 Å². The van der Waals surface area contributed by atoms with E-state index in [-0.39, 0.29) is 0 Å². The van der Waals surface area contributed by atoms with Crippen LogP contribution in [0, 0.1) is 0 Å². The van der Waals surface area contributed by atoms with Gasteiger partial charge in [0.15, 0.2) is 0 Å². The molecule has 2 aromatic rings. The van der Waals surface area contributed by atoms with Crippen LogP contribution in [-0.2, 0) is 23.1 Å². The zero-order valence-corrected chi connectivity index (χ0v) is 14.2. The van der Waals surface area contributed by atoms with Crippen molar-refractivity contribution in [2.45, 2.75) is 4.90 Å². The van der Waals surface area contributed by atoms with E-state index in [9.17, 15) is 0 Å². The zero-order valence-electron chi connectivity index (χ0n) is 7.89. The normalized spacial score (nSPS) is 9.43. The van der Waals surface area contributed by atoms with Crippen molar-refractivity contribution in [2.75, 3.05) is 0 Å². The van der Waals surface area contributed by atoms with Crippen LogP contribution in [0.25, 0.3) is 0 Å². The van der Waals surface area contributed by atoms with Crippen LogP contribution >= 0.6 is 8.24 Å². The molecule has 0 radical (unpaired) electrons. The first kappa shape index (κ1) is 10.2. The Labute approximate surface area is 99.3 Å². The van der Waals surface area contributed by atoms with Gasteiger partial charge in [-0.1, -0.05) is 0 Å². The predicted molar refractivity (Wildman–Crippen MR) is 58.4 cm³/mol. The molecule has 0 fully saturated rings. The summed E-state index contributed by atoms with van der Waals surface area (Å²) in [5.74, 6) is 0. The van der Waals surface area contributed by atoms with Gasteiger partial charge in [-0.25, -0.2) is 0 Å². The van der Waals surface area contributed by atoms with Gasteiger partial charge in [0.1, 0.15) is 0 Å². The Balaban J connectivity index is 1.96. The van der Waals surface area contributed by atoms with Crippen LogP contribution in [-0.4, -0.2) is 0 Å². The Morgan fingerprint density at radius 1 is 0.714 bits per heavy atom. The fourth-order valence-electron chi connectivity index (χ4n) is 1.26. The molecule has 0 saturated carbocycles. The van der Waals surface area contributed by atoms with E-state index in [0.29, 0.717) is 0 Å². The fraction of sp³-hybridized carbons (Fsp3) is 0. The van der Waals surface area contributed by atoms with E-state index in [0.717, 1.165) is 0 Å². The zero-order chi connectivity index (χ0) is 9.64. The molecule has 0 aliphatic carbocycles. The van der Waals surface area contributed by atoms with Crippen LogP contribution in [0.5, 0.6) is 0 Å². The molecule has 0 atom stereocenters. The third-order valence-corrected chi connectivity index (χ3v) is 14.4. The van der Waals surface area contributed by atoms with Crippen LogP contribution in [0.3, 0.4) is 0 Å². The summed E-state index contributed by atoms with van der Waals surface area (Å²) in [6.07, 6.45) is 0. The molecule has 0 unspecified atom stereocenters. The monoisotopic (exact) mass is 388 g/mol. The summed E-state index contributed by atoms with van der Waals surface area (Å²) in [4.78, 5) is 1.43. The van der Waals surface area contributed by atoms with E-state index >= 15 is 0 Å². The molecule has 66 valence electrons. The number of hydrogen-bond donors (Lipinski definition) is 0. The van der Waals surface area contributed by atoms with Gasteiger partial charge >= 0.3 is 99.9 Å². The summed E-state index contributed by atoms with van der Waals surface area (Å²) < 4.78 is 1.60. The molecule has 0 aliphatic heterocycles. The van der Waals surface area contributed by atoms with Gasteiger partial charge in [-0.15, -0.1) is 0 Å². The molecule has 2 aromatic carbocycles.